The Kier molecular flexibility index (Phi) is 4.86. The van der Waals surface area contributed by atoms with Crippen molar-refractivity contribution in [3.05, 3.63) is 18.4 Å². The highest BCUT2D eigenvalue weighted by Gasteiger charge is 2.40. The number of amides is 2. The molecule has 8 heteroatoms. The summed E-state index contributed by atoms with van der Waals surface area (Å²) >= 11 is 0. The Morgan fingerprint density at radius 3 is 2.79 bits per heavy atom. The maximum atomic E-state index is 12.3. The van der Waals surface area contributed by atoms with E-state index in [1.807, 2.05) is 0 Å². The molecular weight excluding hydrogens is 312 g/mol. The first-order valence-corrected chi connectivity index (χ1v) is 8.35. The molecule has 2 aliphatic rings. The van der Waals surface area contributed by atoms with Crippen LogP contribution in [0.2, 0.25) is 0 Å². The third-order valence-corrected chi connectivity index (χ3v) is 4.78. The Hall–Kier alpha value is -1.93. The zero-order valence-electron chi connectivity index (χ0n) is 13.9. The lowest BCUT2D eigenvalue weighted by atomic mass is 9.99. The van der Waals surface area contributed by atoms with Crippen molar-refractivity contribution in [3.63, 3.8) is 0 Å². The quantitative estimate of drug-likeness (QED) is 0.793. The second-order valence-corrected chi connectivity index (χ2v) is 6.82. The van der Waals surface area contributed by atoms with Crippen molar-refractivity contribution in [2.24, 2.45) is 0 Å². The number of oxazole rings is 1. The molecule has 0 radical (unpaired) electrons. The van der Waals surface area contributed by atoms with Crippen LogP contribution in [-0.2, 0) is 4.79 Å². The highest BCUT2D eigenvalue weighted by atomic mass is 16.3. The summed E-state index contributed by atoms with van der Waals surface area (Å²) in [6, 6.07) is 0.224. The molecular formula is C16H24N4O4. The standard InChI is InChI=1S/C16H24N4O4/c1-12(21)18-13-2-5-19(6-3-13)9-16(23)4-7-20(10-16)15(22)14-8-17-11-24-14/h8,11,13,23H,2-7,9-10H2,1H3,(H,18,21)/t16-/m0/s1. The second kappa shape index (κ2) is 6.90. The van der Waals surface area contributed by atoms with Gasteiger partial charge in [0.05, 0.1) is 18.3 Å². The molecule has 8 nitrogen and oxygen atoms in total. The maximum Gasteiger partial charge on any atom is 0.291 e. The van der Waals surface area contributed by atoms with Crippen LogP contribution in [-0.4, -0.2) is 76.1 Å². The number of rotatable bonds is 4. The number of aliphatic hydroxyl groups is 1. The lowest BCUT2D eigenvalue weighted by Gasteiger charge is -2.36. The molecule has 132 valence electrons. The van der Waals surface area contributed by atoms with E-state index in [1.54, 1.807) is 4.90 Å². The molecule has 0 aromatic carbocycles. The normalized spacial score (nSPS) is 25.8. The fourth-order valence-electron chi connectivity index (χ4n) is 3.58. The van der Waals surface area contributed by atoms with E-state index in [2.05, 4.69) is 15.2 Å². The summed E-state index contributed by atoms with van der Waals surface area (Å²) in [4.78, 5) is 30.9. The molecule has 3 rings (SSSR count). The Bertz CT molecular complexity index is 583. The van der Waals surface area contributed by atoms with E-state index in [9.17, 15) is 14.7 Å². The summed E-state index contributed by atoms with van der Waals surface area (Å²) in [6.45, 7) is 4.57. The van der Waals surface area contributed by atoms with Crippen LogP contribution in [0.1, 0.15) is 36.7 Å². The number of carbonyl (C=O) groups is 2. The van der Waals surface area contributed by atoms with E-state index in [0.717, 1.165) is 25.9 Å². The van der Waals surface area contributed by atoms with E-state index in [4.69, 9.17) is 4.42 Å². The average Bonchev–Trinajstić information content (AvgIpc) is 3.18. The molecule has 2 N–H and O–H groups in total. The van der Waals surface area contributed by atoms with Crippen LogP contribution < -0.4 is 5.32 Å². The molecule has 24 heavy (non-hydrogen) atoms. The fraction of sp³-hybridized carbons (Fsp3) is 0.688. The van der Waals surface area contributed by atoms with Gasteiger partial charge in [0.2, 0.25) is 11.7 Å². The molecule has 2 fully saturated rings. The SMILES string of the molecule is CC(=O)NC1CCN(C[C@@]2(O)CCN(C(=O)c3cnco3)C2)CC1. The van der Waals surface area contributed by atoms with Gasteiger partial charge in [-0.15, -0.1) is 0 Å². The predicted octanol–water partition coefficient (Wildman–Crippen LogP) is -0.148. The zero-order chi connectivity index (χ0) is 17.2. The summed E-state index contributed by atoms with van der Waals surface area (Å²) in [5.74, 6) is -0.0207. The highest BCUT2D eigenvalue weighted by Crippen LogP contribution is 2.25. The summed E-state index contributed by atoms with van der Waals surface area (Å²) in [5, 5.41) is 13.8. The Morgan fingerprint density at radius 2 is 2.17 bits per heavy atom. The van der Waals surface area contributed by atoms with E-state index >= 15 is 0 Å². The van der Waals surface area contributed by atoms with E-state index in [1.165, 1.54) is 19.5 Å². The smallest absolute Gasteiger partial charge is 0.291 e. The van der Waals surface area contributed by atoms with Crippen molar-refractivity contribution >= 4 is 11.8 Å². The molecule has 2 amide bonds. The van der Waals surface area contributed by atoms with Crippen molar-refractivity contribution < 1.29 is 19.1 Å². The molecule has 0 spiro atoms. The molecule has 0 unspecified atom stereocenters. The van der Waals surface area contributed by atoms with Crippen molar-refractivity contribution in [1.82, 2.24) is 20.1 Å². The Balaban J connectivity index is 1.49. The summed E-state index contributed by atoms with van der Waals surface area (Å²) in [6.07, 6.45) is 4.95. The van der Waals surface area contributed by atoms with Gasteiger partial charge in [0.25, 0.3) is 5.91 Å². The summed E-state index contributed by atoms with van der Waals surface area (Å²) in [5.41, 5.74) is -0.892. The van der Waals surface area contributed by atoms with Gasteiger partial charge in [-0.3, -0.25) is 9.59 Å². The lowest BCUT2D eigenvalue weighted by molar-refractivity contribution is -0.120. The minimum Gasteiger partial charge on any atom is -0.438 e. The highest BCUT2D eigenvalue weighted by molar-refractivity contribution is 5.91. The van der Waals surface area contributed by atoms with Crippen LogP contribution in [0.3, 0.4) is 0 Å². The molecule has 2 saturated heterocycles. The molecule has 1 aromatic rings. The molecule has 1 atom stereocenters. The van der Waals surface area contributed by atoms with Gasteiger partial charge < -0.3 is 24.6 Å². The number of aromatic nitrogens is 1. The van der Waals surface area contributed by atoms with Crippen LogP contribution in [0, 0.1) is 0 Å². The Morgan fingerprint density at radius 1 is 1.42 bits per heavy atom. The lowest BCUT2D eigenvalue weighted by Crippen LogP contribution is -2.50. The largest absolute Gasteiger partial charge is 0.438 e. The number of nitrogens with one attached hydrogen (secondary N) is 1. The molecule has 0 saturated carbocycles. The van der Waals surface area contributed by atoms with Crippen LogP contribution >= 0.6 is 0 Å². The van der Waals surface area contributed by atoms with Gasteiger partial charge in [0.15, 0.2) is 6.39 Å². The fourth-order valence-corrected chi connectivity index (χ4v) is 3.58. The molecule has 1 aromatic heterocycles. The first-order chi connectivity index (χ1) is 11.5. The average molecular weight is 336 g/mol. The monoisotopic (exact) mass is 336 g/mol. The zero-order valence-corrected chi connectivity index (χ0v) is 13.9. The van der Waals surface area contributed by atoms with Gasteiger partial charge in [-0.05, 0) is 19.3 Å². The minimum atomic E-state index is -0.892. The predicted molar refractivity (Wildman–Crippen MR) is 85.3 cm³/mol. The second-order valence-electron chi connectivity index (χ2n) is 6.82. The number of β-amino-alcohol motifs (C(OH)–C–C–N with tert-alkyl or cyclic N) is 1. The van der Waals surface area contributed by atoms with Gasteiger partial charge in [-0.1, -0.05) is 0 Å². The number of piperidine rings is 1. The number of hydrogen-bond donors (Lipinski definition) is 2. The van der Waals surface area contributed by atoms with Crippen molar-refractivity contribution in [3.8, 4) is 0 Å². The number of nitrogens with zero attached hydrogens (tertiary/aromatic N) is 3. The molecule has 0 bridgehead atoms. The van der Waals surface area contributed by atoms with Crippen LogP contribution in [0.15, 0.2) is 17.0 Å². The summed E-state index contributed by atoms with van der Waals surface area (Å²) < 4.78 is 5.04. The molecule has 0 aliphatic carbocycles. The number of carbonyl (C=O) groups excluding carboxylic acids is 2. The topological polar surface area (TPSA) is 98.9 Å². The van der Waals surface area contributed by atoms with Crippen LogP contribution in [0.5, 0.6) is 0 Å². The van der Waals surface area contributed by atoms with E-state index in [0.29, 0.717) is 26.1 Å². The Labute approximate surface area is 140 Å². The number of likely N-dealkylation sites (tertiary alicyclic amines) is 2. The first kappa shape index (κ1) is 16.9. The third-order valence-electron chi connectivity index (χ3n) is 4.78. The van der Waals surface area contributed by atoms with Crippen LogP contribution in [0.4, 0.5) is 0 Å². The number of hydrogen-bond acceptors (Lipinski definition) is 6. The van der Waals surface area contributed by atoms with Crippen molar-refractivity contribution in [2.45, 2.75) is 37.8 Å². The molecule has 2 aliphatic heterocycles. The maximum absolute atomic E-state index is 12.3. The van der Waals surface area contributed by atoms with Crippen molar-refractivity contribution in [1.29, 1.82) is 0 Å². The van der Waals surface area contributed by atoms with Crippen molar-refractivity contribution in [2.75, 3.05) is 32.7 Å². The summed E-state index contributed by atoms with van der Waals surface area (Å²) in [7, 11) is 0. The van der Waals surface area contributed by atoms with Gasteiger partial charge in [0, 0.05) is 39.1 Å². The van der Waals surface area contributed by atoms with E-state index < -0.39 is 5.60 Å². The van der Waals surface area contributed by atoms with Gasteiger partial charge in [0.1, 0.15) is 0 Å². The first-order valence-electron chi connectivity index (χ1n) is 8.35. The van der Waals surface area contributed by atoms with E-state index in [-0.39, 0.29) is 23.6 Å². The van der Waals surface area contributed by atoms with Crippen LogP contribution in [0.25, 0.3) is 0 Å². The minimum absolute atomic E-state index is 0.00411. The van der Waals surface area contributed by atoms with Gasteiger partial charge >= 0.3 is 0 Å². The van der Waals surface area contributed by atoms with Gasteiger partial charge in [-0.25, -0.2) is 4.98 Å². The van der Waals surface area contributed by atoms with Gasteiger partial charge in [-0.2, -0.15) is 0 Å². The third kappa shape index (κ3) is 3.93. The molecule has 3 heterocycles.